The summed E-state index contributed by atoms with van der Waals surface area (Å²) in [6.45, 7) is 1.34. The Morgan fingerprint density at radius 2 is 1.48 bits per heavy atom. The Kier molecular flexibility index (Phi) is 4.00. The zero-order valence-electron chi connectivity index (χ0n) is 10.9. The lowest BCUT2D eigenvalue weighted by Crippen LogP contribution is -2.24. The summed E-state index contributed by atoms with van der Waals surface area (Å²) >= 11 is 5.73. The highest BCUT2D eigenvalue weighted by molar-refractivity contribution is 6.30. The predicted molar refractivity (Wildman–Crippen MR) is 71.5 cm³/mol. The van der Waals surface area contributed by atoms with Gasteiger partial charge in [-0.05, 0) is 42.3 Å². The number of benzene rings is 2. The molecule has 2 rings (SSSR count). The molecule has 1 N–H and O–H groups in total. The van der Waals surface area contributed by atoms with E-state index in [1.165, 1.54) is 31.2 Å². The molecule has 0 fully saturated rings. The molecule has 0 aliphatic rings. The molecule has 0 aromatic heterocycles. The molecule has 1 atom stereocenters. The van der Waals surface area contributed by atoms with Gasteiger partial charge in [-0.25, -0.2) is 4.39 Å². The summed E-state index contributed by atoms with van der Waals surface area (Å²) in [5.41, 5.74) is -2.81. The van der Waals surface area contributed by atoms with Gasteiger partial charge in [0.1, 0.15) is 11.4 Å². The van der Waals surface area contributed by atoms with Crippen LogP contribution in [0.2, 0.25) is 5.02 Å². The number of hydrogen-bond acceptors (Lipinski definition) is 1. The van der Waals surface area contributed by atoms with Crippen molar-refractivity contribution < 1.29 is 22.7 Å². The van der Waals surface area contributed by atoms with E-state index in [1.54, 1.807) is 0 Å². The van der Waals surface area contributed by atoms with Crippen molar-refractivity contribution in [2.75, 3.05) is 0 Å². The molecule has 2 aromatic rings. The van der Waals surface area contributed by atoms with Gasteiger partial charge in [-0.15, -0.1) is 0 Å². The second kappa shape index (κ2) is 5.31. The summed E-state index contributed by atoms with van der Waals surface area (Å²) in [6.07, 6.45) is -4.82. The van der Waals surface area contributed by atoms with E-state index in [2.05, 4.69) is 0 Å². The molecule has 112 valence electrons. The Bertz CT molecular complexity index is 648. The fourth-order valence-electron chi connectivity index (χ4n) is 1.99. The van der Waals surface area contributed by atoms with Gasteiger partial charge in [0.25, 0.3) is 0 Å². The zero-order chi connectivity index (χ0) is 15.8. The first-order valence-corrected chi connectivity index (χ1v) is 6.36. The van der Waals surface area contributed by atoms with Gasteiger partial charge in [0.15, 0.2) is 0 Å². The van der Waals surface area contributed by atoms with E-state index >= 15 is 0 Å². The minimum absolute atomic E-state index is 0.0569. The quantitative estimate of drug-likeness (QED) is 0.792. The molecule has 0 radical (unpaired) electrons. The summed E-state index contributed by atoms with van der Waals surface area (Å²) in [5.74, 6) is -1.38. The van der Waals surface area contributed by atoms with E-state index in [1.807, 2.05) is 0 Å². The summed E-state index contributed by atoms with van der Waals surface area (Å²) in [7, 11) is 0. The molecular formula is C15H11ClF4O. The first-order valence-electron chi connectivity index (χ1n) is 5.98. The van der Waals surface area contributed by atoms with E-state index < -0.39 is 23.2 Å². The van der Waals surface area contributed by atoms with E-state index in [0.717, 1.165) is 6.07 Å². The van der Waals surface area contributed by atoms with Crippen LogP contribution in [0.1, 0.15) is 23.6 Å². The lowest BCUT2D eigenvalue weighted by Gasteiger charge is -2.25. The van der Waals surface area contributed by atoms with E-state index in [0.29, 0.717) is 22.7 Å². The molecule has 0 saturated heterocycles. The van der Waals surface area contributed by atoms with Crippen molar-refractivity contribution in [3.63, 3.8) is 0 Å². The molecule has 1 unspecified atom stereocenters. The topological polar surface area (TPSA) is 20.2 Å². The standard InChI is InChI=1S/C15H11ClF4O/c1-14(21,9-2-5-11(16)6-3-9)10-4-7-13(17)12(8-10)15(18,19)20/h2-8,21H,1H3. The van der Waals surface area contributed by atoms with Gasteiger partial charge in [0, 0.05) is 5.02 Å². The van der Waals surface area contributed by atoms with Crippen LogP contribution in [-0.4, -0.2) is 5.11 Å². The summed E-state index contributed by atoms with van der Waals surface area (Å²) in [5, 5.41) is 10.9. The average molecular weight is 319 g/mol. The maximum Gasteiger partial charge on any atom is 0.419 e. The third kappa shape index (κ3) is 3.19. The van der Waals surface area contributed by atoms with Crippen LogP contribution in [-0.2, 0) is 11.8 Å². The Morgan fingerprint density at radius 1 is 0.952 bits per heavy atom. The minimum Gasteiger partial charge on any atom is -0.381 e. The molecule has 0 aliphatic heterocycles. The van der Waals surface area contributed by atoms with Crippen LogP contribution in [0.5, 0.6) is 0 Å². The van der Waals surface area contributed by atoms with Crippen molar-refractivity contribution in [2.45, 2.75) is 18.7 Å². The molecule has 6 heteroatoms. The molecule has 0 saturated carbocycles. The van der Waals surface area contributed by atoms with E-state index in [4.69, 9.17) is 11.6 Å². The Hall–Kier alpha value is -1.59. The van der Waals surface area contributed by atoms with Crippen LogP contribution in [0.4, 0.5) is 17.6 Å². The van der Waals surface area contributed by atoms with Crippen molar-refractivity contribution in [2.24, 2.45) is 0 Å². The van der Waals surface area contributed by atoms with E-state index in [9.17, 15) is 22.7 Å². The predicted octanol–water partition coefficient (Wildman–Crippen LogP) is 4.75. The number of halogens is 5. The second-order valence-corrected chi connectivity index (χ2v) is 5.21. The van der Waals surface area contributed by atoms with Crippen molar-refractivity contribution in [1.82, 2.24) is 0 Å². The van der Waals surface area contributed by atoms with Gasteiger partial charge in [-0.3, -0.25) is 0 Å². The SMILES string of the molecule is CC(O)(c1ccc(Cl)cc1)c1ccc(F)c(C(F)(F)F)c1. The smallest absolute Gasteiger partial charge is 0.381 e. The van der Waals surface area contributed by atoms with Gasteiger partial charge >= 0.3 is 6.18 Å². The summed E-state index contributed by atoms with van der Waals surface area (Å²) in [4.78, 5) is 0. The molecule has 0 spiro atoms. The lowest BCUT2D eigenvalue weighted by atomic mass is 9.87. The first-order chi connectivity index (χ1) is 9.62. The van der Waals surface area contributed by atoms with Crippen LogP contribution in [0.3, 0.4) is 0 Å². The monoisotopic (exact) mass is 318 g/mol. The fourth-order valence-corrected chi connectivity index (χ4v) is 2.11. The first kappa shape index (κ1) is 15.8. The Labute approximate surface area is 123 Å². The van der Waals surface area contributed by atoms with Crippen molar-refractivity contribution in [3.05, 3.63) is 70.0 Å². The second-order valence-electron chi connectivity index (χ2n) is 4.77. The van der Waals surface area contributed by atoms with Crippen molar-refractivity contribution >= 4 is 11.6 Å². The van der Waals surface area contributed by atoms with Gasteiger partial charge in [0.05, 0.1) is 5.56 Å². The maximum atomic E-state index is 13.3. The van der Waals surface area contributed by atoms with Crippen LogP contribution < -0.4 is 0 Å². The van der Waals surface area contributed by atoms with Gasteiger partial charge in [-0.1, -0.05) is 29.8 Å². The largest absolute Gasteiger partial charge is 0.419 e. The minimum atomic E-state index is -4.82. The van der Waals surface area contributed by atoms with Gasteiger partial charge < -0.3 is 5.11 Å². The highest BCUT2D eigenvalue weighted by Gasteiger charge is 2.36. The van der Waals surface area contributed by atoms with Crippen LogP contribution in [0.25, 0.3) is 0 Å². The van der Waals surface area contributed by atoms with Crippen molar-refractivity contribution in [1.29, 1.82) is 0 Å². The molecule has 1 nitrogen and oxygen atoms in total. The number of aliphatic hydroxyl groups is 1. The van der Waals surface area contributed by atoms with Crippen molar-refractivity contribution in [3.8, 4) is 0 Å². The highest BCUT2D eigenvalue weighted by Crippen LogP contribution is 2.36. The third-order valence-corrected chi connectivity index (χ3v) is 3.49. The molecule has 2 aromatic carbocycles. The molecule has 21 heavy (non-hydrogen) atoms. The molecule has 0 bridgehead atoms. The van der Waals surface area contributed by atoms with Crippen LogP contribution >= 0.6 is 11.6 Å². The number of hydrogen-bond donors (Lipinski definition) is 1. The Balaban J connectivity index is 2.52. The average Bonchev–Trinajstić information content (AvgIpc) is 2.38. The fraction of sp³-hybridized carbons (Fsp3) is 0.200. The highest BCUT2D eigenvalue weighted by atomic mass is 35.5. The van der Waals surface area contributed by atoms with Crippen LogP contribution in [0, 0.1) is 5.82 Å². The van der Waals surface area contributed by atoms with E-state index in [-0.39, 0.29) is 5.56 Å². The van der Waals surface area contributed by atoms with Crippen LogP contribution in [0.15, 0.2) is 42.5 Å². The molecule has 0 heterocycles. The van der Waals surface area contributed by atoms with Gasteiger partial charge in [0.2, 0.25) is 0 Å². The number of alkyl halides is 3. The number of rotatable bonds is 2. The van der Waals surface area contributed by atoms with Gasteiger partial charge in [-0.2, -0.15) is 13.2 Å². The summed E-state index contributed by atoms with van der Waals surface area (Å²) in [6, 6.07) is 8.46. The molecule has 0 amide bonds. The zero-order valence-corrected chi connectivity index (χ0v) is 11.6. The maximum absolute atomic E-state index is 13.3. The normalized spacial score (nSPS) is 14.8. The third-order valence-electron chi connectivity index (χ3n) is 3.24. The summed E-state index contributed by atoms with van der Waals surface area (Å²) < 4.78 is 51.5. The Morgan fingerprint density at radius 3 is 2.00 bits per heavy atom. The lowest BCUT2D eigenvalue weighted by molar-refractivity contribution is -0.140. The molecule has 0 aliphatic carbocycles. The molecular weight excluding hydrogens is 308 g/mol.